The highest BCUT2D eigenvalue weighted by Gasteiger charge is 2.16. The van der Waals surface area contributed by atoms with Crippen LogP contribution < -0.4 is 5.32 Å². The van der Waals surface area contributed by atoms with Gasteiger partial charge in [-0.2, -0.15) is 10.1 Å². The maximum absolute atomic E-state index is 12.6. The van der Waals surface area contributed by atoms with Gasteiger partial charge in [-0.3, -0.25) is 9.59 Å². The molecule has 2 heterocycles. The van der Waals surface area contributed by atoms with Crippen LogP contribution in [0.15, 0.2) is 24.5 Å². The number of likely N-dealkylation sites (N-methyl/N-ethyl adjacent to an activating group) is 1. The number of nitrogens with one attached hydrogen (secondary N) is 1. The molecular weight excluding hydrogens is 368 g/mol. The molecule has 1 aromatic carbocycles. The van der Waals surface area contributed by atoms with Gasteiger partial charge in [-0.25, -0.2) is 9.50 Å². The number of aryl methyl sites for hydroxylation is 4. The molecule has 0 aliphatic heterocycles. The fourth-order valence-electron chi connectivity index (χ4n) is 3.30. The summed E-state index contributed by atoms with van der Waals surface area (Å²) >= 11 is 0. The predicted molar refractivity (Wildman–Crippen MR) is 111 cm³/mol. The standard InChI is InChI=1S/C21H26N6O2/c1-13-6-7-14(2)18(10-13)25-19(28)11-26(5)20(29)9-8-17-15(3)24-21-22-12-23-27(21)16(17)4/h6-7,10,12H,8-9,11H2,1-5H3,(H,25,28). The van der Waals surface area contributed by atoms with Crippen LogP contribution in [-0.4, -0.2) is 49.9 Å². The van der Waals surface area contributed by atoms with E-state index in [1.807, 2.05) is 45.9 Å². The zero-order chi connectivity index (χ0) is 21.1. The lowest BCUT2D eigenvalue weighted by Gasteiger charge is -2.18. The van der Waals surface area contributed by atoms with Crippen LogP contribution >= 0.6 is 0 Å². The molecule has 0 fully saturated rings. The summed E-state index contributed by atoms with van der Waals surface area (Å²) in [5.74, 6) is 0.238. The fraction of sp³-hybridized carbons (Fsp3) is 0.381. The fourth-order valence-corrected chi connectivity index (χ4v) is 3.30. The first kappa shape index (κ1) is 20.4. The van der Waals surface area contributed by atoms with E-state index in [9.17, 15) is 9.59 Å². The zero-order valence-corrected chi connectivity index (χ0v) is 17.5. The van der Waals surface area contributed by atoms with Crippen LogP contribution in [0.5, 0.6) is 0 Å². The van der Waals surface area contributed by atoms with Crippen molar-refractivity contribution in [3.8, 4) is 0 Å². The summed E-state index contributed by atoms with van der Waals surface area (Å²) in [7, 11) is 1.64. The number of aromatic nitrogens is 4. The van der Waals surface area contributed by atoms with E-state index in [2.05, 4.69) is 20.4 Å². The SMILES string of the molecule is Cc1ccc(C)c(NC(=O)CN(C)C(=O)CCc2c(C)nc3ncnn3c2C)c1. The summed E-state index contributed by atoms with van der Waals surface area (Å²) in [6, 6.07) is 5.88. The molecule has 2 aromatic heterocycles. The Balaban J connectivity index is 1.59. The summed E-state index contributed by atoms with van der Waals surface area (Å²) < 4.78 is 1.67. The van der Waals surface area contributed by atoms with E-state index in [4.69, 9.17) is 0 Å². The van der Waals surface area contributed by atoms with Crippen molar-refractivity contribution in [3.63, 3.8) is 0 Å². The van der Waals surface area contributed by atoms with Crippen molar-refractivity contribution in [3.05, 3.63) is 52.6 Å². The normalized spacial score (nSPS) is 10.9. The lowest BCUT2D eigenvalue weighted by Crippen LogP contribution is -2.35. The van der Waals surface area contributed by atoms with Gasteiger partial charge in [0, 0.05) is 30.5 Å². The van der Waals surface area contributed by atoms with Gasteiger partial charge in [0.05, 0.1) is 6.54 Å². The first-order valence-electron chi connectivity index (χ1n) is 9.53. The Morgan fingerprint density at radius 1 is 1.17 bits per heavy atom. The number of amides is 2. The van der Waals surface area contributed by atoms with Gasteiger partial charge >= 0.3 is 0 Å². The predicted octanol–water partition coefficient (Wildman–Crippen LogP) is 2.39. The summed E-state index contributed by atoms with van der Waals surface area (Å²) in [6.45, 7) is 7.76. The minimum atomic E-state index is -0.215. The Hall–Kier alpha value is -3.29. The van der Waals surface area contributed by atoms with Crippen molar-refractivity contribution in [1.82, 2.24) is 24.5 Å². The third kappa shape index (κ3) is 4.59. The molecule has 1 N–H and O–H groups in total. The molecule has 0 bridgehead atoms. The van der Waals surface area contributed by atoms with E-state index in [0.717, 1.165) is 33.8 Å². The molecular formula is C21H26N6O2. The van der Waals surface area contributed by atoms with Crippen molar-refractivity contribution < 1.29 is 9.59 Å². The topological polar surface area (TPSA) is 92.5 Å². The second-order valence-electron chi connectivity index (χ2n) is 7.35. The first-order chi connectivity index (χ1) is 13.8. The van der Waals surface area contributed by atoms with Gasteiger partial charge in [-0.1, -0.05) is 12.1 Å². The van der Waals surface area contributed by atoms with Gasteiger partial charge in [0.2, 0.25) is 11.8 Å². The molecule has 2 amide bonds. The van der Waals surface area contributed by atoms with Crippen LogP contribution in [0.1, 0.15) is 34.5 Å². The maximum atomic E-state index is 12.6. The molecule has 152 valence electrons. The van der Waals surface area contributed by atoms with Crippen molar-refractivity contribution in [2.75, 3.05) is 18.9 Å². The third-order valence-corrected chi connectivity index (χ3v) is 5.05. The number of carbonyl (C=O) groups excluding carboxylic acids is 2. The first-order valence-corrected chi connectivity index (χ1v) is 9.53. The Morgan fingerprint density at radius 3 is 2.69 bits per heavy atom. The van der Waals surface area contributed by atoms with Crippen molar-refractivity contribution in [1.29, 1.82) is 0 Å². The average Bonchev–Trinajstić information content (AvgIpc) is 3.12. The van der Waals surface area contributed by atoms with E-state index in [1.165, 1.54) is 11.2 Å². The lowest BCUT2D eigenvalue weighted by molar-refractivity contribution is -0.133. The van der Waals surface area contributed by atoms with Gasteiger partial charge in [0.1, 0.15) is 6.33 Å². The van der Waals surface area contributed by atoms with Crippen LogP contribution in [0, 0.1) is 27.7 Å². The van der Waals surface area contributed by atoms with E-state index < -0.39 is 0 Å². The molecule has 8 nitrogen and oxygen atoms in total. The average molecular weight is 394 g/mol. The molecule has 8 heteroatoms. The molecule has 0 spiro atoms. The molecule has 0 saturated carbocycles. The Bertz CT molecular complexity index is 1070. The quantitative estimate of drug-likeness (QED) is 0.693. The number of nitrogens with zero attached hydrogens (tertiary/aromatic N) is 5. The highest BCUT2D eigenvalue weighted by molar-refractivity contribution is 5.95. The molecule has 3 rings (SSSR count). The second-order valence-corrected chi connectivity index (χ2v) is 7.35. The van der Waals surface area contributed by atoms with E-state index in [1.54, 1.807) is 11.6 Å². The van der Waals surface area contributed by atoms with Gasteiger partial charge in [-0.05, 0) is 56.9 Å². The zero-order valence-electron chi connectivity index (χ0n) is 17.5. The number of rotatable bonds is 6. The highest BCUT2D eigenvalue weighted by Crippen LogP contribution is 2.17. The Kier molecular flexibility index (Phi) is 5.91. The molecule has 0 aliphatic rings. The van der Waals surface area contributed by atoms with Crippen molar-refractivity contribution in [2.24, 2.45) is 0 Å². The molecule has 0 radical (unpaired) electrons. The minimum Gasteiger partial charge on any atom is -0.336 e. The van der Waals surface area contributed by atoms with E-state index in [0.29, 0.717) is 12.2 Å². The van der Waals surface area contributed by atoms with Gasteiger partial charge in [0.25, 0.3) is 5.78 Å². The monoisotopic (exact) mass is 394 g/mol. The molecule has 0 atom stereocenters. The smallest absolute Gasteiger partial charge is 0.252 e. The van der Waals surface area contributed by atoms with Gasteiger partial charge < -0.3 is 10.2 Å². The highest BCUT2D eigenvalue weighted by atomic mass is 16.2. The third-order valence-electron chi connectivity index (χ3n) is 5.05. The maximum Gasteiger partial charge on any atom is 0.252 e. The molecule has 29 heavy (non-hydrogen) atoms. The van der Waals surface area contributed by atoms with Crippen LogP contribution in [0.3, 0.4) is 0 Å². The lowest BCUT2D eigenvalue weighted by atomic mass is 10.1. The van der Waals surface area contributed by atoms with Crippen molar-refractivity contribution in [2.45, 2.75) is 40.5 Å². The van der Waals surface area contributed by atoms with Gasteiger partial charge in [-0.15, -0.1) is 0 Å². The number of carbonyl (C=O) groups is 2. The van der Waals surface area contributed by atoms with Crippen LogP contribution in [-0.2, 0) is 16.0 Å². The molecule has 0 unspecified atom stereocenters. The largest absolute Gasteiger partial charge is 0.336 e. The summed E-state index contributed by atoms with van der Waals surface area (Å²) in [5, 5.41) is 7.05. The molecule has 0 saturated heterocycles. The second kappa shape index (κ2) is 8.38. The van der Waals surface area contributed by atoms with Crippen LogP contribution in [0.2, 0.25) is 0 Å². The van der Waals surface area contributed by atoms with Crippen LogP contribution in [0.25, 0.3) is 5.78 Å². The van der Waals surface area contributed by atoms with E-state index >= 15 is 0 Å². The van der Waals surface area contributed by atoms with Gasteiger partial charge in [0.15, 0.2) is 0 Å². The minimum absolute atomic E-state index is 0.00450. The summed E-state index contributed by atoms with van der Waals surface area (Å²) in [6.07, 6.45) is 2.28. The summed E-state index contributed by atoms with van der Waals surface area (Å²) in [4.78, 5) is 34.9. The number of fused-ring (bicyclic) bond motifs is 1. The number of hydrogen-bond donors (Lipinski definition) is 1. The van der Waals surface area contributed by atoms with Crippen molar-refractivity contribution >= 4 is 23.3 Å². The molecule has 0 aliphatic carbocycles. The van der Waals surface area contributed by atoms with E-state index in [-0.39, 0.29) is 24.8 Å². The number of benzene rings is 1. The number of anilines is 1. The number of hydrogen-bond acceptors (Lipinski definition) is 5. The Labute approximate surface area is 170 Å². The summed E-state index contributed by atoms with van der Waals surface area (Å²) in [5.41, 5.74) is 5.57. The Morgan fingerprint density at radius 2 is 1.93 bits per heavy atom. The van der Waals surface area contributed by atoms with Crippen LogP contribution in [0.4, 0.5) is 5.69 Å². The molecule has 3 aromatic rings.